The maximum absolute atomic E-state index is 11.5. The zero-order valence-electron chi connectivity index (χ0n) is 12.8. The number of aliphatic hydroxyl groups excluding tert-OH is 1. The first-order valence-corrected chi connectivity index (χ1v) is 8.30. The van der Waals surface area contributed by atoms with Crippen LogP contribution in [-0.2, 0) is 11.3 Å². The minimum absolute atomic E-state index is 0.0380. The average Bonchev–Trinajstić information content (AvgIpc) is 2.90. The number of piperazine rings is 1. The van der Waals surface area contributed by atoms with Gasteiger partial charge >= 0.3 is 0 Å². The molecule has 0 aromatic carbocycles. The summed E-state index contributed by atoms with van der Waals surface area (Å²) in [7, 11) is 0. The maximum Gasteiger partial charge on any atom is 0.225 e. The fraction of sp³-hybridized carbons (Fsp3) is 0.714. The van der Waals surface area contributed by atoms with E-state index in [4.69, 9.17) is 5.11 Å². The largest absolute Gasteiger partial charge is 0.395 e. The van der Waals surface area contributed by atoms with Crippen molar-refractivity contribution in [3.63, 3.8) is 0 Å². The summed E-state index contributed by atoms with van der Waals surface area (Å²) in [5.74, 6) is 0.0380. The first-order chi connectivity index (χ1) is 10.1. The van der Waals surface area contributed by atoms with Crippen molar-refractivity contribution in [3.05, 3.63) is 11.1 Å². The number of nitrogens with zero attached hydrogens (tertiary/aromatic N) is 4. The van der Waals surface area contributed by atoms with Crippen LogP contribution in [0.4, 0.5) is 5.13 Å². The average molecular weight is 312 g/mol. The van der Waals surface area contributed by atoms with Crippen molar-refractivity contribution in [2.75, 3.05) is 50.8 Å². The van der Waals surface area contributed by atoms with Crippen LogP contribution in [0.1, 0.15) is 19.5 Å². The van der Waals surface area contributed by atoms with Gasteiger partial charge in [-0.2, -0.15) is 0 Å². The highest BCUT2D eigenvalue weighted by Crippen LogP contribution is 2.21. The summed E-state index contributed by atoms with van der Waals surface area (Å²) in [5, 5.41) is 11.8. The van der Waals surface area contributed by atoms with Crippen molar-refractivity contribution in [2.24, 2.45) is 0 Å². The molecule has 7 heteroatoms. The molecule has 1 aliphatic rings. The van der Waals surface area contributed by atoms with Crippen LogP contribution in [0.2, 0.25) is 0 Å². The van der Waals surface area contributed by atoms with E-state index in [-0.39, 0.29) is 12.5 Å². The molecule has 2 rings (SSSR count). The molecular weight excluding hydrogens is 288 g/mol. The standard InChI is InChI=1S/C14H24N4O2S/c1-3-18(12(2)20)14-15-13(11-21-14)10-17-6-4-16(5-7-17)8-9-19/h11,19H,3-10H2,1-2H3. The van der Waals surface area contributed by atoms with E-state index >= 15 is 0 Å². The van der Waals surface area contributed by atoms with Gasteiger partial charge in [-0.25, -0.2) is 4.98 Å². The van der Waals surface area contributed by atoms with Crippen molar-refractivity contribution in [1.82, 2.24) is 14.8 Å². The van der Waals surface area contributed by atoms with E-state index in [9.17, 15) is 4.79 Å². The lowest BCUT2D eigenvalue weighted by molar-refractivity contribution is -0.116. The van der Waals surface area contributed by atoms with E-state index in [1.807, 2.05) is 12.3 Å². The number of hydrogen-bond donors (Lipinski definition) is 1. The number of rotatable bonds is 6. The Hall–Kier alpha value is -1.02. The van der Waals surface area contributed by atoms with Crippen molar-refractivity contribution in [2.45, 2.75) is 20.4 Å². The van der Waals surface area contributed by atoms with E-state index < -0.39 is 0 Å². The number of amides is 1. The Kier molecular flexibility index (Phi) is 6.10. The molecule has 0 bridgehead atoms. The van der Waals surface area contributed by atoms with Gasteiger partial charge in [-0.15, -0.1) is 11.3 Å². The highest BCUT2D eigenvalue weighted by Gasteiger charge is 2.18. The highest BCUT2D eigenvalue weighted by molar-refractivity contribution is 7.14. The predicted molar refractivity (Wildman–Crippen MR) is 84.6 cm³/mol. The molecule has 21 heavy (non-hydrogen) atoms. The number of carbonyl (C=O) groups is 1. The lowest BCUT2D eigenvalue weighted by atomic mass is 10.3. The first kappa shape index (κ1) is 16.4. The van der Waals surface area contributed by atoms with Gasteiger partial charge in [0.2, 0.25) is 5.91 Å². The summed E-state index contributed by atoms with van der Waals surface area (Å²) in [4.78, 5) is 22.5. The molecule has 0 aliphatic carbocycles. The van der Waals surface area contributed by atoms with E-state index in [1.165, 1.54) is 11.3 Å². The Balaban J connectivity index is 1.87. The second kappa shape index (κ2) is 7.84. The molecule has 6 nitrogen and oxygen atoms in total. The van der Waals surface area contributed by atoms with E-state index in [2.05, 4.69) is 14.8 Å². The Labute approximate surface area is 130 Å². The topological polar surface area (TPSA) is 59.9 Å². The summed E-state index contributed by atoms with van der Waals surface area (Å²) in [5.41, 5.74) is 1.03. The van der Waals surface area contributed by atoms with E-state index in [1.54, 1.807) is 11.8 Å². The Bertz CT molecular complexity index is 458. The van der Waals surface area contributed by atoms with Gasteiger partial charge in [-0.05, 0) is 6.92 Å². The van der Waals surface area contributed by atoms with E-state index in [0.717, 1.165) is 50.1 Å². The molecule has 1 aliphatic heterocycles. The summed E-state index contributed by atoms with van der Waals surface area (Å²) < 4.78 is 0. The van der Waals surface area contributed by atoms with Crippen molar-refractivity contribution < 1.29 is 9.90 Å². The molecule has 1 aromatic heterocycles. The molecule has 118 valence electrons. The summed E-state index contributed by atoms with van der Waals surface area (Å²) in [6, 6.07) is 0. The molecular formula is C14H24N4O2S. The number of thiazole rings is 1. The van der Waals surface area contributed by atoms with Gasteiger partial charge in [0, 0.05) is 58.1 Å². The smallest absolute Gasteiger partial charge is 0.225 e. The third-order valence-electron chi connectivity index (χ3n) is 3.73. The third kappa shape index (κ3) is 4.47. The third-order valence-corrected chi connectivity index (χ3v) is 4.65. The quantitative estimate of drug-likeness (QED) is 0.835. The van der Waals surface area contributed by atoms with Crippen LogP contribution in [-0.4, -0.2) is 71.7 Å². The van der Waals surface area contributed by atoms with Gasteiger partial charge in [0.1, 0.15) is 0 Å². The second-order valence-corrected chi connectivity index (χ2v) is 6.06. The molecule has 0 atom stereocenters. The molecule has 1 saturated heterocycles. The van der Waals surface area contributed by atoms with Crippen molar-refractivity contribution >= 4 is 22.4 Å². The number of hydrogen-bond acceptors (Lipinski definition) is 6. The molecule has 1 aromatic rings. The van der Waals surface area contributed by atoms with Gasteiger partial charge in [-0.1, -0.05) is 0 Å². The zero-order valence-corrected chi connectivity index (χ0v) is 13.6. The SMILES string of the molecule is CCN(C(C)=O)c1nc(CN2CCN(CCO)CC2)cs1. The molecule has 1 amide bonds. The molecule has 0 radical (unpaired) electrons. The Morgan fingerprint density at radius 3 is 2.62 bits per heavy atom. The summed E-state index contributed by atoms with van der Waals surface area (Å²) in [6.45, 7) is 9.99. The highest BCUT2D eigenvalue weighted by atomic mass is 32.1. The molecule has 0 saturated carbocycles. The van der Waals surface area contributed by atoms with Crippen LogP contribution in [0.5, 0.6) is 0 Å². The first-order valence-electron chi connectivity index (χ1n) is 7.42. The van der Waals surface area contributed by atoms with Crippen LogP contribution in [0, 0.1) is 0 Å². The lowest BCUT2D eigenvalue weighted by Crippen LogP contribution is -2.46. The minimum atomic E-state index is 0.0380. The minimum Gasteiger partial charge on any atom is -0.395 e. The van der Waals surface area contributed by atoms with Crippen LogP contribution in [0.25, 0.3) is 0 Å². The van der Waals surface area contributed by atoms with Crippen molar-refractivity contribution in [1.29, 1.82) is 0 Å². The molecule has 1 N–H and O–H groups in total. The van der Waals surface area contributed by atoms with Crippen molar-refractivity contribution in [3.8, 4) is 0 Å². The van der Waals surface area contributed by atoms with Gasteiger partial charge in [0.05, 0.1) is 12.3 Å². The molecule has 1 fully saturated rings. The van der Waals surface area contributed by atoms with Gasteiger partial charge < -0.3 is 5.11 Å². The number of anilines is 1. The zero-order chi connectivity index (χ0) is 15.2. The summed E-state index contributed by atoms with van der Waals surface area (Å²) in [6.07, 6.45) is 0. The second-order valence-electron chi connectivity index (χ2n) is 5.23. The molecule has 2 heterocycles. The van der Waals surface area contributed by atoms with Crippen LogP contribution >= 0.6 is 11.3 Å². The monoisotopic (exact) mass is 312 g/mol. The number of aliphatic hydroxyl groups is 1. The number of carbonyl (C=O) groups excluding carboxylic acids is 1. The van der Waals surface area contributed by atoms with Crippen LogP contribution < -0.4 is 4.90 Å². The predicted octanol–water partition coefficient (Wildman–Crippen LogP) is 0.626. The molecule has 0 spiro atoms. The number of aromatic nitrogens is 1. The maximum atomic E-state index is 11.5. The van der Waals surface area contributed by atoms with Gasteiger partial charge in [0.25, 0.3) is 0 Å². The fourth-order valence-electron chi connectivity index (χ4n) is 2.53. The van der Waals surface area contributed by atoms with Crippen LogP contribution in [0.3, 0.4) is 0 Å². The normalized spacial score (nSPS) is 17.1. The Morgan fingerprint density at radius 2 is 2.05 bits per heavy atom. The number of β-amino-alcohol motifs (C(OH)–C–C–N with tert-alkyl or cyclic N) is 1. The van der Waals surface area contributed by atoms with Gasteiger partial charge in [-0.3, -0.25) is 19.5 Å². The Morgan fingerprint density at radius 1 is 1.38 bits per heavy atom. The van der Waals surface area contributed by atoms with E-state index in [0.29, 0.717) is 6.54 Å². The van der Waals surface area contributed by atoms with Crippen LogP contribution in [0.15, 0.2) is 5.38 Å². The fourth-order valence-corrected chi connectivity index (χ4v) is 3.45. The van der Waals surface area contributed by atoms with Gasteiger partial charge in [0.15, 0.2) is 5.13 Å². The summed E-state index contributed by atoms with van der Waals surface area (Å²) >= 11 is 1.53. The lowest BCUT2D eigenvalue weighted by Gasteiger charge is -2.33. The molecule has 0 unspecified atom stereocenters.